The molecule has 70 valence electrons. The van der Waals surface area contributed by atoms with Gasteiger partial charge >= 0.3 is 0 Å². The van der Waals surface area contributed by atoms with Crippen LogP contribution in [0.3, 0.4) is 0 Å². The topological polar surface area (TPSA) is 32.9 Å². The summed E-state index contributed by atoms with van der Waals surface area (Å²) in [6.45, 7) is 2.10. The van der Waals surface area contributed by atoms with Crippen LogP contribution < -0.4 is 5.56 Å². The highest BCUT2D eigenvalue weighted by atomic mass is 16.1. The van der Waals surface area contributed by atoms with Gasteiger partial charge in [-0.1, -0.05) is 6.92 Å². The molecule has 0 saturated heterocycles. The maximum absolute atomic E-state index is 11.3. The van der Waals surface area contributed by atoms with Crippen molar-refractivity contribution in [2.45, 2.75) is 39.0 Å². The van der Waals surface area contributed by atoms with Gasteiger partial charge in [0.1, 0.15) is 0 Å². The minimum absolute atomic E-state index is 0.0671. The maximum atomic E-state index is 11.3. The average Bonchev–Trinajstić information content (AvgIpc) is 2.16. The summed E-state index contributed by atoms with van der Waals surface area (Å²) in [6.07, 6.45) is 5.69. The van der Waals surface area contributed by atoms with Gasteiger partial charge in [-0.3, -0.25) is 4.79 Å². The van der Waals surface area contributed by atoms with Crippen molar-refractivity contribution < 1.29 is 0 Å². The van der Waals surface area contributed by atoms with E-state index in [1.54, 1.807) is 6.07 Å². The van der Waals surface area contributed by atoms with Crippen molar-refractivity contribution in [1.82, 2.24) is 4.98 Å². The Morgan fingerprint density at radius 3 is 2.92 bits per heavy atom. The van der Waals surface area contributed by atoms with Crippen LogP contribution in [-0.2, 0) is 19.3 Å². The van der Waals surface area contributed by atoms with Gasteiger partial charge < -0.3 is 4.98 Å². The number of nitrogens with one attached hydrogen (secondary N) is 1. The molecule has 1 aliphatic rings. The average molecular weight is 177 g/mol. The maximum Gasteiger partial charge on any atom is 0.248 e. The highest BCUT2D eigenvalue weighted by molar-refractivity contribution is 5.32. The van der Waals surface area contributed by atoms with Crippen LogP contribution in [0.1, 0.15) is 36.6 Å². The van der Waals surface area contributed by atoms with E-state index in [9.17, 15) is 4.79 Å². The van der Waals surface area contributed by atoms with Gasteiger partial charge in [0, 0.05) is 11.8 Å². The molecule has 2 heteroatoms. The molecule has 2 nitrogen and oxygen atoms in total. The van der Waals surface area contributed by atoms with Crippen LogP contribution in [0.15, 0.2) is 10.9 Å². The summed E-state index contributed by atoms with van der Waals surface area (Å²) in [7, 11) is 0. The molecular weight excluding hydrogens is 162 g/mol. The minimum Gasteiger partial charge on any atom is -0.326 e. The lowest BCUT2D eigenvalue weighted by atomic mass is 9.90. The lowest BCUT2D eigenvalue weighted by molar-refractivity contribution is 0.670. The largest absolute Gasteiger partial charge is 0.326 e. The summed E-state index contributed by atoms with van der Waals surface area (Å²) >= 11 is 0. The fourth-order valence-corrected chi connectivity index (χ4v) is 2.15. The molecule has 1 N–H and O–H groups in total. The standard InChI is InChI=1S/C11H15NO/c1-2-10-9-6-4-3-5-8(9)7-11(13)12-10/h7H,2-6H2,1H3,(H,12,13). The zero-order valence-corrected chi connectivity index (χ0v) is 8.02. The summed E-state index contributed by atoms with van der Waals surface area (Å²) in [5, 5.41) is 0. The second-order valence-electron chi connectivity index (χ2n) is 3.68. The molecule has 0 bridgehead atoms. The number of pyridine rings is 1. The van der Waals surface area contributed by atoms with Crippen molar-refractivity contribution in [3.05, 3.63) is 33.2 Å². The molecule has 0 saturated carbocycles. The lowest BCUT2D eigenvalue weighted by Crippen LogP contribution is -2.16. The van der Waals surface area contributed by atoms with Gasteiger partial charge in [-0.25, -0.2) is 0 Å². The first-order chi connectivity index (χ1) is 6.31. The van der Waals surface area contributed by atoms with E-state index in [2.05, 4.69) is 11.9 Å². The number of hydrogen-bond donors (Lipinski definition) is 1. The van der Waals surface area contributed by atoms with E-state index in [1.807, 2.05) is 0 Å². The molecule has 1 aromatic rings. The Kier molecular flexibility index (Phi) is 2.21. The van der Waals surface area contributed by atoms with E-state index in [-0.39, 0.29) is 5.56 Å². The fourth-order valence-electron chi connectivity index (χ4n) is 2.15. The van der Waals surface area contributed by atoms with Crippen LogP contribution in [0.5, 0.6) is 0 Å². The molecule has 0 amide bonds. The van der Waals surface area contributed by atoms with Crippen molar-refractivity contribution in [2.75, 3.05) is 0 Å². The van der Waals surface area contributed by atoms with Crippen molar-refractivity contribution in [3.8, 4) is 0 Å². The van der Waals surface area contributed by atoms with Crippen molar-refractivity contribution >= 4 is 0 Å². The molecule has 1 heterocycles. The Balaban J connectivity index is 2.57. The van der Waals surface area contributed by atoms with Crippen LogP contribution in [0.4, 0.5) is 0 Å². The molecule has 1 aromatic heterocycles. The fraction of sp³-hybridized carbons (Fsp3) is 0.545. The smallest absolute Gasteiger partial charge is 0.248 e. The van der Waals surface area contributed by atoms with Gasteiger partial charge in [0.25, 0.3) is 0 Å². The van der Waals surface area contributed by atoms with Crippen LogP contribution in [0.25, 0.3) is 0 Å². The Labute approximate surface area is 78.0 Å². The number of fused-ring (bicyclic) bond motifs is 1. The van der Waals surface area contributed by atoms with Crippen LogP contribution in [0.2, 0.25) is 0 Å². The summed E-state index contributed by atoms with van der Waals surface area (Å²) in [5.74, 6) is 0. The van der Waals surface area contributed by atoms with Crippen molar-refractivity contribution in [2.24, 2.45) is 0 Å². The number of aromatic amines is 1. The SMILES string of the molecule is CCc1[nH]c(=O)cc2c1CCCC2. The van der Waals surface area contributed by atoms with E-state index in [0.29, 0.717) is 0 Å². The second kappa shape index (κ2) is 3.36. The molecule has 13 heavy (non-hydrogen) atoms. The molecular formula is C11H15NO. The number of H-pyrrole nitrogens is 1. The Bertz CT molecular complexity index is 345. The van der Waals surface area contributed by atoms with Gasteiger partial charge in [-0.05, 0) is 43.2 Å². The number of aryl methyl sites for hydroxylation is 2. The second-order valence-corrected chi connectivity index (χ2v) is 3.68. The quantitative estimate of drug-likeness (QED) is 0.697. The van der Waals surface area contributed by atoms with Gasteiger partial charge in [-0.2, -0.15) is 0 Å². The van der Waals surface area contributed by atoms with Gasteiger partial charge in [0.05, 0.1) is 0 Å². The molecule has 0 radical (unpaired) electrons. The van der Waals surface area contributed by atoms with E-state index in [0.717, 1.165) is 25.0 Å². The zero-order chi connectivity index (χ0) is 9.26. The van der Waals surface area contributed by atoms with Crippen LogP contribution in [0, 0.1) is 0 Å². The van der Waals surface area contributed by atoms with Gasteiger partial charge in [0.2, 0.25) is 5.56 Å². The number of aromatic nitrogens is 1. The highest BCUT2D eigenvalue weighted by Crippen LogP contribution is 2.21. The Morgan fingerprint density at radius 2 is 2.15 bits per heavy atom. The first-order valence-electron chi connectivity index (χ1n) is 5.05. The summed E-state index contributed by atoms with van der Waals surface area (Å²) in [5.41, 5.74) is 3.92. The Hall–Kier alpha value is -1.05. The van der Waals surface area contributed by atoms with Crippen LogP contribution >= 0.6 is 0 Å². The van der Waals surface area contributed by atoms with E-state index in [4.69, 9.17) is 0 Å². The lowest BCUT2D eigenvalue weighted by Gasteiger charge is -2.17. The predicted octanol–water partition coefficient (Wildman–Crippen LogP) is 1.82. The third-order valence-electron chi connectivity index (χ3n) is 2.81. The first kappa shape index (κ1) is 8.54. The number of hydrogen-bond acceptors (Lipinski definition) is 1. The predicted molar refractivity (Wildman–Crippen MR) is 53.1 cm³/mol. The summed E-state index contributed by atoms with van der Waals surface area (Å²) in [4.78, 5) is 14.2. The molecule has 0 aliphatic heterocycles. The summed E-state index contributed by atoms with van der Waals surface area (Å²) in [6, 6.07) is 1.77. The molecule has 0 aromatic carbocycles. The monoisotopic (exact) mass is 177 g/mol. The summed E-state index contributed by atoms with van der Waals surface area (Å²) < 4.78 is 0. The first-order valence-corrected chi connectivity index (χ1v) is 5.05. The van der Waals surface area contributed by atoms with Gasteiger partial charge in [-0.15, -0.1) is 0 Å². The van der Waals surface area contributed by atoms with Gasteiger partial charge in [0.15, 0.2) is 0 Å². The van der Waals surface area contributed by atoms with E-state index < -0.39 is 0 Å². The molecule has 0 fully saturated rings. The zero-order valence-electron chi connectivity index (χ0n) is 8.02. The molecule has 2 rings (SSSR count). The Morgan fingerprint density at radius 1 is 1.38 bits per heavy atom. The third-order valence-corrected chi connectivity index (χ3v) is 2.81. The highest BCUT2D eigenvalue weighted by Gasteiger charge is 2.13. The normalized spacial score (nSPS) is 15.5. The third kappa shape index (κ3) is 1.53. The minimum atomic E-state index is 0.0671. The van der Waals surface area contributed by atoms with Crippen LogP contribution in [-0.4, -0.2) is 4.98 Å². The molecule has 0 unspecified atom stereocenters. The van der Waals surface area contributed by atoms with E-state index >= 15 is 0 Å². The molecule has 1 aliphatic carbocycles. The molecule has 0 spiro atoms. The van der Waals surface area contributed by atoms with Crippen molar-refractivity contribution in [1.29, 1.82) is 0 Å². The molecule has 0 atom stereocenters. The van der Waals surface area contributed by atoms with Crippen molar-refractivity contribution in [3.63, 3.8) is 0 Å². The van der Waals surface area contributed by atoms with E-state index in [1.165, 1.54) is 24.0 Å². The number of rotatable bonds is 1.